The van der Waals surface area contributed by atoms with Crippen LogP contribution in [0.4, 0.5) is 17.3 Å². The molecule has 3 aromatic rings. The topological polar surface area (TPSA) is 80.0 Å². The number of halogens is 2. The van der Waals surface area contributed by atoms with Gasteiger partial charge >= 0.3 is 0 Å². The van der Waals surface area contributed by atoms with Gasteiger partial charge in [0.1, 0.15) is 11.6 Å². The number of carbonyl (C=O) groups is 1. The van der Waals surface area contributed by atoms with E-state index in [-0.39, 0.29) is 5.91 Å². The van der Waals surface area contributed by atoms with E-state index in [0.717, 1.165) is 5.69 Å². The van der Waals surface area contributed by atoms with Gasteiger partial charge in [0.15, 0.2) is 5.82 Å². The molecular weight excluding hydrogens is 351 g/mol. The molecular formula is C16H12Cl2N4O2. The van der Waals surface area contributed by atoms with E-state index in [1.807, 2.05) is 0 Å². The van der Waals surface area contributed by atoms with Crippen molar-refractivity contribution in [3.05, 3.63) is 64.0 Å². The minimum atomic E-state index is -0.322. The Morgan fingerprint density at radius 2 is 1.92 bits per heavy atom. The van der Waals surface area contributed by atoms with Crippen LogP contribution in [0.25, 0.3) is 0 Å². The second-order valence-corrected chi connectivity index (χ2v) is 5.78. The van der Waals surface area contributed by atoms with Crippen LogP contribution in [0.5, 0.6) is 0 Å². The molecule has 8 heteroatoms. The molecule has 1 aromatic carbocycles. The Morgan fingerprint density at radius 3 is 2.54 bits per heavy atom. The van der Waals surface area contributed by atoms with E-state index < -0.39 is 0 Å². The number of benzene rings is 1. The molecule has 0 fully saturated rings. The Kier molecular flexibility index (Phi) is 4.69. The molecule has 1 amide bonds. The Morgan fingerprint density at radius 1 is 1.08 bits per heavy atom. The van der Waals surface area contributed by atoms with Gasteiger partial charge in [0, 0.05) is 18.0 Å². The highest BCUT2D eigenvalue weighted by Gasteiger charge is 2.09. The summed E-state index contributed by atoms with van der Waals surface area (Å²) in [5, 5.41) is 10.3. The summed E-state index contributed by atoms with van der Waals surface area (Å²) in [6.07, 6.45) is 1.46. The molecule has 0 spiro atoms. The molecule has 0 radical (unpaired) electrons. The molecule has 0 atom stereocenters. The van der Waals surface area contributed by atoms with Crippen LogP contribution in [-0.2, 0) is 0 Å². The van der Waals surface area contributed by atoms with Crippen molar-refractivity contribution < 1.29 is 9.32 Å². The number of carbonyl (C=O) groups excluding carboxylic acids is 1. The fourth-order valence-corrected chi connectivity index (χ4v) is 2.24. The quantitative estimate of drug-likeness (QED) is 0.704. The Bertz CT molecular complexity index is 878. The average Bonchev–Trinajstić information content (AvgIpc) is 2.96. The van der Waals surface area contributed by atoms with E-state index in [1.165, 1.54) is 6.20 Å². The van der Waals surface area contributed by atoms with Crippen molar-refractivity contribution in [2.24, 2.45) is 0 Å². The van der Waals surface area contributed by atoms with Gasteiger partial charge in [0.25, 0.3) is 5.91 Å². The van der Waals surface area contributed by atoms with E-state index in [2.05, 4.69) is 20.8 Å². The predicted molar refractivity (Wildman–Crippen MR) is 93.2 cm³/mol. The van der Waals surface area contributed by atoms with Crippen LogP contribution in [0.3, 0.4) is 0 Å². The monoisotopic (exact) mass is 362 g/mol. The van der Waals surface area contributed by atoms with Crippen molar-refractivity contribution in [1.29, 1.82) is 0 Å². The van der Waals surface area contributed by atoms with Gasteiger partial charge in [-0.3, -0.25) is 4.79 Å². The molecule has 0 aliphatic rings. The van der Waals surface area contributed by atoms with Crippen molar-refractivity contribution in [2.75, 3.05) is 10.6 Å². The minimum Gasteiger partial charge on any atom is -0.360 e. The number of aryl methyl sites for hydroxylation is 1. The van der Waals surface area contributed by atoms with Crippen LogP contribution in [0.1, 0.15) is 16.1 Å². The van der Waals surface area contributed by atoms with Gasteiger partial charge in [0.2, 0.25) is 0 Å². The lowest BCUT2D eigenvalue weighted by atomic mass is 10.2. The van der Waals surface area contributed by atoms with Crippen molar-refractivity contribution in [3.8, 4) is 0 Å². The number of nitrogens with zero attached hydrogens (tertiary/aromatic N) is 2. The fourth-order valence-electron chi connectivity index (χ4n) is 1.94. The van der Waals surface area contributed by atoms with E-state index in [1.54, 1.807) is 43.3 Å². The summed E-state index contributed by atoms with van der Waals surface area (Å²) in [7, 11) is 0. The maximum atomic E-state index is 12.1. The molecule has 0 unspecified atom stereocenters. The largest absolute Gasteiger partial charge is 0.360 e. The molecule has 0 saturated carbocycles. The first-order valence-corrected chi connectivity index (χ1v) is 7.69. The van der Waals surface area contributed by atoms with Crippen molar-refractivity contribution >= 4 is 46.4 Å². The van der Waals surface area contributed by atoms with Gasteiger partial charge < -0.3 is 15.2 Å². The van der Waals surface area contributed by atoms with Gasteiger partial charge in [0.05, 0.1) is 15.6 Å². The number of aromatic nitrogens is 2. The summed E-state index contributed by atoms with van der Waals surface area (Å²) in [6, 6.07) is 10.1. The minimum absolute atomic E-state index is 0.322. The zero-order valence-electron chi connectivity index (χ0n) is 12.5. The highest BCUT2D eigenvalue weighted by atomic mass is 35.5. The van der Waals surface area contributed by atoms with Crippen LogP contribution in [-0.4, -0.2) is 16.0 Å². The molecule has 122 valence electrons. The second-order valence-electron chi connectivity index (χ2n) is 4.96. The number of rotatable bonds is 4. The summed E-state index contributed by atoms with van der Waals surface area (Å²) in [6.45, 7) is 1.74. The third-order valence-corrected chi connectivity index (χ3v) is 3.83. The molecule has 24 heavy (non-hydrogen) atoms. The normalized spacial score (nSPS) is 10.5. The second kappa shape index (κ2) is 6.90. The van der Waals surface area contributed by atoms with Crippen LogP contribution in [0, 0.1) is 6.92 Å². The number of anilines is 3. The highest BCUT2D eigenvalue weighted by molar-refractivity contribution is 6.42. The number of pyridine rings is 1. The maximum absolute atomic E-state index is 12.1. The number of amides is 1. The molecule has 2 aromatic heterocycles. The van der Waals surface area contributed by atoms with E-state index in [4.69, 9.17) is 27.7 Å². The maximum Gasteiger partial charge on any atom is 0.258 e. The highest BCUT2D eigenvalue weighted by Crippen LogP contribution is 2.26. The first kappa shape index (κ1) is 16.3. The lowest BCUT2D eigenvalue weighted by molar-refractivity contribution is 0.102. The summed E-state index contributed by atoms with van der Waals surface area (Å²) < 4.78 is 4.89. The Balaban J connectivity index is 1.68. The lowest BCUT2D eigenvalue weighted by Crippen LogP contribution is -2.12. The lowest BCUT2D eigenvalue weighted by Gasteiger charge is -2.07. The van der Waals surface area contributed by atoms with Crippen LogP contribution >= 0.6 is 23.2 Å². The van der Waals surface area contributed by atoms with Crippen molar-refractivity contribution in [2.45, 2.75) is 6.92 Å². The average molecular weight is 363 g/mol. The summed E-state index contributed by atoms with van der Waals surface area (Å²) >= 11 is 11.8. The van der Waals surface area contributed by atoms with Gasteiger partial charge in [-0.2, -0.15) is 0 Å². The van der Waals surface area contributed by atoms with Crippen molar-refractivity contribution in [1.82, 2.24) is 10.1 Å². The van der Waals surface area contributed by atoms with Gasteiger partial charge in [-0.1, -0.05) is 28.4 Å². The van der Waals surface area contributed by atoms with Crippen LogP contribution in [0.2, 0.25) is 10.0 Å². The molecule has 0 bridgehead atoms. The molecule has 6 nitrogen and oxygen atoms in total. The van der Waals surface area contributed by atoms with Crippen LogP contribution < -0.4 is 10.6 Å². The third-order valence-electron chi connectivity index (χ3n) is 3.09. The summed E-state index contributed by atoms with van der Waals surface area (Å²) in [5.41, 5.74) is 1.14. The molecule has 0 saturated heterocycles. The number of nitrogens with one attached hydrogen (secondary N) is 2. The van der Waals surface area contributed by atoms with Gasteiger partial charge in [-0.15, -0.1) is 0 Å². The SMILES string of the molecule is Cc1cc(NC(=O)c2ccc(Nc3ccc(Cl)c(Cl)c3)nc2)no1. The smallest absolute Gasteiger partial charge is 0.258 e. The fraction of sp³-hybridized carbons (Fsp3) is 0.0625. The number of hydrogen-bond acceptors (Lipinski definition) is 5. The molecule has 2 N–H and O–H groups in total. The first-order valence-electron chi connectivity index (χ1n) is 6.94. The van der Waals surface area contributed by atoms with Gasteiger partial charge in [-0.25, -0.2) is 4.98 Å². The zero-order chi connectivity index (χ0) is 17.1. The molecule has 3 rings (SSSR count). The summed E-state index contributed by atoms with van der Waals surface area (Å²) in [5.74, 6) is 1.22. The third kappa shape index (κ3) is 3.84. The first-order chi connectivity index (χ1) is 11.5. The van der Waals surface area contributed by atoms with Gasteiger partial charge in [-0.05, 0) is 37.3 Å². The van der Waals surface area contributed by atoms with E-state index in [9.17, 15) is 4.79 Å². The summed E-state index contributed by atoms with van der Waals surface area (Å²) in [4.78, 5) is 16.3. The Labute approximate surface area is 147 Å². The number of hydrogen-bond donors (Lipinski definition) is 2. The van der Waals surface area contributed by atoms with E-state index in [0.29, 0.717) is 33.0 Å². The van der Waals surface area contributed by atoms with Crippen molar-refractivity contribution in [3.63, 3.8) is 0 Å². The standard InChI is InChI=1S/C16H12Cl2N4O2/c1-9-6-15(22-24-9)21-16(23)10-2-5-14(19-8-10)20-11-3-4-12(17)13(18)7-11/h2-8H,1H3,(H,19,20)(H,21,22,23). The zero-order valence-corrected chi connectivity index (χ0v) is 14.0. The Hall–Kier alpha value is -2.57. The molecule has 2 heterocycles. The van der Waals surface area contributed by atoms with Crippen LogP contribution in [0.15, 0.2) is 47.1 Å². The predicted octanol–water partition coefficient (Wildman–Crippen LogP) is 4.68. The molecule has 0 aliphatic heterocycles. The molecule has 0 aliphatic carbocycles. The van der Waals surface area contributed by atoms with E-state index >= 15 is 0 Å².